The average molecular weight is 625 g/mol. The summed E-state index contributed by atoms with van der Waals surface area (Å²) in [6.45, 7) is 6.46. The van der Waals surface area contributed by atoms with Crippen LogP contribution >= 0.6 is 34.8 Å². The molecule has 0 heterocycles. The molecular formula is C29H32Cl3N3O4S. The molecule has 1 N–H and O–H groups in total. The van der Waals surface area contributed by atoms with E-state index in [1.807, 2.05) is 13.8 Å². The van der Waals surface area contributed by atoms with Crippen molar-refractivity contribution in [2.45, 2.75) is 57.6 Å². The Bertz CT molecular complexity index is 1450. The molecule has 0 bridgehead atoms. The van der Waals surface area contributed by atoms with Gasteiger partial charge in [0.2, 0.25) is 11.8 Å². The van der Waals surface area contributed by atoms with Gasteiger partial charge in [-0.2, -0.15) is 0 Å². The van der Waals surface area contributed by atoms with Crippen LogP contribution in [-0.2, 0) is 26.2 Å². The van der Waals surface area contributed by atoms with Crippen molar-refractivity contribution < 1.29 is 18.0 Å². The van der Waals surface area contributed by atoms with Gasteiger partial charge < -0.3 is 10.2 Å². The Morgan fingerprint density at radius 2 is 1.55 bits per heavy atom. The number of sulfonamides is 1. The highest BCUT2D eigenvalue weighted by Crippen LogP contribution is 2.31. The largest absolute Gasteiger partial charge is 0.352 e. The minimum absolute atomic E-state index is 0.0161. The van der Waals surface area contributed by atoms with Crippen LogP contribution in [0, 0.1) is 6.92 Å². The normalized spacial score (nSPS) is 12.2. The van der Waals surface area contributed by atoms with E-state index in [0.29, 0.717) is 26.2 Å². The monoisotopic (exact) mass is 623 g/mol. The number of hydrogen-bond donors (Lipinski definition) is 1. The maximum Gasteiger partial charge on any atom is 0.264 e. The fourth-order valence-electron chi connectivity index (χ4n) is 4.29. The number of nitrogens with one attached hydrogen (secondary N) is 1. The zero-order valence-corrected chi connectivity index (χ0v) is 25.8. The van der Waals surface area contributed by atoms with Gasteiger partial charge in [0.1, 0.15) is 12.6 Å². The zero-order valence-electron chi connectivity index (χ0n) is 22.7. The second-order valence-electron chi connectivity index (χ2n) is 9.56. The predicted octanol–water partition coefficient (Wildman–Crippen LogP) is 6.48. The Balaban J connectivity index is 2.13. The number of hydrogen-bond acceptors (Lipinski definition) is 4. The fourth-order valence-corrected chi connectivity index (χ4v) is 6.53. The van der Waals surface area contributed by atoms with E-state index in [0.717, 1.165) is 4.31 Å². The molecule has 0 saturated carbocycles. The third-order valence-electron chi connectivity index (χ3n) is 6.24. The van der Waals surface area contributed by atoms with Gasteiger partial charge in [-0.25, -0.2) is 8.42 Å². The third kappa shape index (κ3) is 7.49. The van der Waals surface area contributed by atoms with Gasteiger partial charge >= 0.3 is 0 Å². The molecule has 0 aliphatic carbocycles. The minimum Gasteiger partial charge on any atom is -0.352 e. The van der Waals surface area contributed by atoms with E-state index in [4.69, 9.17) is 34.8 Å². The zero-order chi connectivity index (χ0) is 29.6. The standard InChI is InChI=1S/C29H32Cl3N3O4S/c1-5-26(29(37)33-19(2)3)34(17-23-24(31)12-9-13-25(23)32)28(36)18-35(27-15-14-21(30)16-20(27)4)40(38,39)22-10-7-6-8-11-22/h6-16,19,26H,5,17-18H2,1-4H3,(H,33,37)/t26-/m0/s1. The number of aryl methyl sites for hydroxylation is 1. The molecule has 0 unspecified atom stereocenters. The van der Waals surface area contributed by atoms with E-state index < -0.39 is 28.5 Å². The first-order valence-corrected chi connectivity index (χ1v) is 15.3. The summed E-state index contributed by atoms with van der Waals surface area (Å²) in [6.07, 6.45) is 0.276. The lowest BCUT2D eigenvalue weighted by atomic mass is 10.1. The van der Waals surface area contributed by atoms with Gasteiger partial charge in [0, 0.05) is 33.2 Å². The first kappa shape index (κ1) is 31.7. The lowest BCUT2D eigenvalue weighted by Crippen LogP contribution is -2.53. The van der Waals surface area contributed by atoms with Crippen LogP contribution in [-0.4, -0.2) is 43.8 Å². The molecule has 0 aliphatic heterocycles. The van der Waals surface area contributed by atoms with Crippen molar-refractivity contribution in [3.8, 4) is 0 Å². The fraction of sp³-hybridized carbons (Fsp3) is 0.310. The second-order valence-corrected chi connectivity index (χ2v) is 12.7. The Hall–Kier alpha value is -2.78. The first-order chi connectivity index (χ1) is 18.9. The number of anilines is 1. The van der Waals surface area contributed by atoms with Crippen molar-refractivity contribution in [1.82, 2.24) is 10.2 Å². The molecule has 0 aliphatic rings. The molecule has 40 heavy (non-hydrogen) atoms. The Morgan fingerprint density at radius 1 is 0.925 bits per heavy atom. The summed E-state index contributed by atoms with van der Waals surface area (Å²) in [6, 6.07) is 16.5. The number of benzene rings is 3. The SMILES string of the molecule is CC[C@@H](C(=O)NC(C)C)N(Cc1c(Cl)cccc1Cl)C(=O)CN(c1ccc(Cl)cc1C)S(=O)(=O)c1ccccc1. The highest BCUT2D eigenvalue weighted by atomic mass is 35.5. The topological polar surface area (TPSA) is 86.8 Å². The van der Waals surface area contributed by atoms with Crippen LogP contribution in [0.1, 0.15) is 38.3 Å². The highest BCUT2D eigenvalue weighted by Gasteiger charge is 2.34. The average Bonchev–Trinajstić information content (AvgIpc) is 2.89. The molecule has 7 nitrogen and oxygen atoms in total. The third-order valence-corrected chi connectivity index (χ3v) is 8.96. The number of carbonyl (C=O) groups is 2. The van der Waals surface area contributed by atoms with Crippen LogP contribution in [0.15, 0.2) is 71.6 Å². The Kier molecular flexibility index (Phi) is 10.9. The molecule has 0 radical (unpaired) electrons. The molecule has 2 amide bonds. The molecular weight excluding hydrogens is 593 g/mol. The predicted molar refractivity (Wildman–Crippen MR) is 162 cm³/mol. The Morgan fingerprint density at radius 3 is 2.10 bits per heavy atom. The van der Waals surface area contributed by atoms with E-state index in [-0.39, 0.29) is 35.5 Å². The molecule has 0 saturated heterocycles. The number of carbonyl (C=O) groups excluding carboxylic acids is 2. The van der Waals surface area contributed by atoms with E-state index in [9.17, 15) is 18.0 Å². The molecule has 3 rings (SSSR count). The van der Waals surface area contributed by atoms with Gasteiger partial charge in [0.25, 0.3) is 10.0 Å². The van der Waals surface area contributed by atoms with Crippen molar-refractivity contribution in [2.75, 3.05) is 10.8 Å². The summed E-state index contributed by atoms with van der Waals surface area (Å²) in [5.74, 6) is -0.968. The Labute approximate surface area is 251 Å². The van der Waals surface area contributed by atoms with Crippen LogP contribution in [0.5, 0.6) is 0 Å². The van der Waals surface area contributed by atoms with Crippen LogP contribution in [0.3, 0.4) is 0 Å². The summed E-state index contributed by atoms with van der Waals surface area (Å²) in [4.78, 5) is 28.7. The lowest BCUT2D eigenvalue weighted by Gasteiger charge is -2.34. The molecule has 1 atom stereocenters. The van der Waals surface area contributed by atoms with E-state index in [2.05, 4.69) is 5.32 Å². The molecule has 11 heteroatoms. The summed E-state index contributed by atoms with van der Waals surface area (Å²) < 4.78 is 28.9. The number of nitrogens with zero attached hydrogens (tertiary/aromatic N) is 2. The molecule has 3 aromatic rings. The van der Waals surface area contributed by atoms with Gasteiger partial charge in [-0.05, 0) is 75.2 Å². The number of halogens is 3. The molecule has 0 spiro atoms. The van der Waals surface area contributed by atoms with Crippen LogP contribution < -0.4 is 9.62 Å². The van der Waals surface area contributed by atoms with Crippen LogP contribution in [0.4, 0.5) is 5.69 Å². The number of amides is 2. The van der Waals surface area contributed by atoms with E-state index in [1.165, 1.54) is 17.0 Å². The van der Waals surface area contributed by atoms with E-state index >= 15 is 0 Å². The van der Waals surface area contributed by atoms with Gasteiger partial charge in [0.15, 0.2) is 0 Å². The van der Waals surface area contributed by atoms with Crippen molar-refractivity contribution in [3.63, 3.8) is 0 Å². The second kappa shape index (κ2) is 13.7. The van der Waals surface area contributed by atoms with Gasteiger partial charge in [-0.15, -0.1) is 0 Å². The molecule has 3 aromatic carbocycles. The van der Waals surface area contributed by atoms with Crippen LogP contribution in [0.2, 0.25) is 15.1 Å². The number of rotatable bonds is 11. The summed E-state index contributed by atoms with van der Waals surface area (Å²) in [5, 5.41) is 3.93. The lowest BCUT2D eigenvalue weighted by molar-refractivity contribution is -0.140. The molecule has 0 aromatic heterocycles. The van der Waals surface area contributed by atoms with E-state index in [1.54, 1.807) is 68.4 Å². The maximum absolute atomic E-state index is 14.1. The molecule has 0 fully saturated rings. The maximum atomic E-state index is 14.1. The summed E-state index contributed by atoms with van der Waals surface area (Å²) in [5.41, 5.74) is 1.30. The van der Waals surface area contributed by atoms with Crippen LogP contribution in [0.25, 0.3) is 0 Å². The van der Waals surface area contributed by atoms with Crippen molar-refractivity contribution >= 4 is 62.3 Å². The molecule has 214 valence electrons. The van der Waals surface area contributed by atoms with Gasteiger partial charge in [-0.3, -0.25) is 13.9 Å². The minimum atomic E-state index is -4.19. The van der Waals surface area contributed by atoms with Gasteiger partial charge in [-0.1, -0.05) is 66.0 Å². The quantitative estimate of drug-likeness (QED) is 0.265. The van der Waals surface area contributed by atoms with Crippen molar-refractivity contribution in [1.29, 1.82) is 0 Å². The summed E-state index contributed by atoms with van der Waals surface area (Å²) in [7, 11) is -4.19. The first-order valence-electron chi connectivity index (χ1n) is 12.7. The van der Waals surface area contributed by atoms with Crippen molar-refractivity contribution in [3.05, 3.63) is 92.9 Å². The van der Waals surface area contributed by atoms with Crippen molar-refractivity contribution in [2.24, 2.45) is 0 Å². The smallest absolute Gasteiger partial charge is 0.264 e. The summed E-state index contributed by atoms with van der Waals surface area (Å²) >= 11 is 19.0. The van der Waals surface area contributed by atoms with Gasteiger partial charge in [0.05, 0.1) is 10.6 Å². The highest BCUT2D eigenvalue weighted by molar-refractivity contribution is 7.92.